The summed E-state index contributed by atoms with van der Waals surface area (Å²) in [6.45, 7) is 0. The van der Waals surface area contributed by atoms with Crippen LogP contribution in [0.4, 0.5) is 0 Å². The fourth-order valence-corrected chi connectivity index (χ4v) is 4.51. The number of carbonyl (C=O) groups is 1. The third-order valence-electron chi connectivity index (χ3n) is 4.94. The fraction of sp³-hybridized carbons (Fsp3) is 0.909. The molecule has 3 fully saturated rings. The molecule has 0 aliphatic heterocycles. The number of aliphatic carboxylic acids is 1. The van der Waals surface area contributed by atoms with Crippen LogP contribution in [0.3, 0.4) is 0 Å². The monoisotopic (exact) mass is 180 g/mol. The van der Waals surface area contributed by atoms with Crippen LogP contribution in [0.1, 0.15) is 38.5 Å². The van der Waals surface area contributed by atoms with Gasteiger partial charge in [0.2, 0.25) is 0 Å². The Morgan fingerprint density at radius 2 is 2.15 bits per heavy atom. The van der Waals surface area contributed by atoms with Gasteiger partial charge in [-0.2, -0.15) is 0 Å². The number of carboxylic acids is 1. The van der Waals surface area contributed by atoms with Crippen LogP contribution in [0.15, 0.2) is 0 Å². The van der Waals surface area contributed by atoms with E-state index in [9.17, 15) is 9.90 Å². The van der Waals surface area contributed by atoms with Crippen molar-refractivity contribution >= 4 is 5.97 Å². The molecule has 3 aliphatic carbocycles. The summed E-state index contributed by atoms with van der Waals surface area (Å²) in [4.78, 5) is 11.4. The average Bonchev–Trinajstić information content (AvgIpc) is 2.76. The third-order valence-corrected chi connectivity index (χ3v) is 4.94. The maximum Gasteiger partial charge on any atom is 0.310 e. The van der Waals surface area contributed by atoms with Gasteiger partial charge in [0.15, 0.2) is 0 Å². The fourth-order valence-electron chi connectivity index (χ4n) is 4.51. The number of hydrogen-bond acceptors (Lipinski definition) is 1. The second-order valence-corrected chi connectivity index (χ2v) is 5.11. The molecule has 1 N–H and O–H groups in total. The van der Waals surface area contributed by atoms with E-state index in [1.165, 1.54) is 25.7 Å². The Morgan fingerprint density at radius 3 is 2.85 bits per heavy atom. The summed E-state index contributed by atoms with van der Waals surface area (Å²) in [5.41, 5.74) is -0.261. The molecule has 13 heavy (non-hydrogen) atoms. The summed E-state index contributed by atoms with van der Waals surface area (Å²) in [5.74, 6) is 1.36. The van der Waals surface area contributed by atoms with Crippen molar-refractivity contribution in [2.45, 2.75) is 38.5 Å². The quantitative estimate of drug-likeness (QED) is 0.672. The van der Waals surface area contributed by atoms with E-state index in [1.54, 1.807) is 0 Å². The molecular weight excluding hydrogens is 164 g/mol. The van der Waals surface area contributed by atoms with E-state index in [0.717, 1.165) is 18.8 Å². The molecule has 3 saturated carbocycles. The molecule has 0 aromatic carbocycles. The van der Waals surface area contributed by atoms with Crippen molar-refractivity contribution in [2.24, 2.45) is 23.2 Å². The van der Waals surface area contributed by atoms with Gasteiger partial charge in [0.05, 0.1) is 5.41 Å². The largest absolute Gasteiger partial charge is 0.481 e. The molecule has 4 atom stereocenters. The van der Waals surface area contributed by atoms with Gasteiger partial charge in [0.25, 0.3) is 0 Å². The summed E-state index contributed by atoms with van der Waals surface area (Å²) in [7, 11) is 0. The summed E-state index contributed by atoms with van der Waals surface area (Å²) in [5, 5.41) is 9.40. The van der Waals surface area contributed by atoms with Gasteiger partial charge in [-0.1, -0.05) is 6.42 Å². The highest BCUT2D eigenvalue weighted by atomic mass is 16.4. The van der Waals surface area contributed by atoms with Crippen LogP contribution >= 0.6 is 0 Å². The Morgan fingerprint density at radius 1 is 1.31 bits per heavy atom. The van der Waals surface area contributed by atoms with Gasteiger partial charge in [-0.15, -0.1) is 0 Å². The van der Waals surface area contributed by atoms with Gasteiger partial charge in [0.1, 0.15) is 0 Å². The van der Waals surface area contributed by atoms with Crippen molar-refractivity contribution < 1.29 is 9.90 Å². The number of fused-ring (bicyclic) bond motifs is 5. The lowest BCUT2D eigenvalue weighted by molar-refractivity contribution is -0.154. The first-order chi connectivity index (χ1) is 6.25. The SMILES string of the molecule is O=C(O)[C@@]12CCC[C@@H]1[C@H]1CC[C@H]2C1. The first-order valence-electron chi connectivity index (χ1n) is 5.48. The molecule has 2 heteroatoms. The average molecular weight is 180 g/mol. The summed E-state index contributed by atoms with van der Waals surface area (Å²) >= 11 is 0. The van der Waals surface area contributed by atoms with Crippen LogP contribution < -0.4 is 0 Å². The Kier molecular flexibility index (Phi) is 1.38. The normalized spacial score (nSPS) is 52.5. The third kappa shape index (κ3) is 0.733. The molecule has 0 aromatic rings. The maximum absolute atomic E-state index is 11.4. The lowest BCUT2D eigenvalue weighted by atomic mass is 9.68. The zero-order valence-electron chi connectivity index (χ0n) is 7.83. The molecule has 72 valence electrons. The first-order valence-corrected chi connectivity index (χ1v) is 5.48. The molecule has 3 rings (SSSR count). The van der Waals surface area contributed by atoms with E-state index in [-0.39, 0.29) is 5.41 Å². The van der Waals surface area contributed by atoms with Crippen LogP contribution in [-0.2, 0) is 4.79 Å². The van der Waals surface area contributed by atoms with Crippen molar-refractivity contribution in [1.29, 1.82) is 0 Å². The van der Waals surface area contributed by atoms with Crippen molar-refractivity contribution in [2.75, 3.05) is 0 Å². The smallest absolute Gasteiger partial charge is 0.310 e. The van der Waals surface area contributed by atoms with Crippen LogP contribution in [0.2, 0.25) is 0 Å². The summed E-state index contributed by atoms with van der Waals surface area (Å²) < 4.78 is 0. The molecule has 0 aromatic heterocycles. The highest BCUT2D eigenvalue weighted by molar-refractivity contribution is 5.77. The van der Waals surface area contributed by atoms with Gasteiger partial charge in [0, 0.05) is 0 Å². The number of rotatable bonds is 1. The predicted octanol–water partition coefficient (Wildman–Crippen LogP) is 2.29. The van der Waals surface area contributed by atoms with Gasteiger partial charge >= 0.3 is 5.97 Å². The van der Waals surface area contributed by atoms with Gasteiger partial charge < -0.3 is 5.11 Å². The molecule has 0 heterocycles. The van der Waals surface area contributed by atoms with Crippen LogP contribution in [0.5, 0.6) is 0 Å². The molecule has 0 saturated heterocycles. The Hall–Kier alpha value is -0.530. The predicted molar refractivity (Wildman–Crippen MR) is 48.2 cm³/mol. The van der Waals surface area contributed by atoms with E-state index < -0.39 is 5.97 Å². The molecule has 0 amide bonds. The molecule has 0 radical (unpaired) electrons. The van der Waals surface area contributed by atoms with Crippen molar-refractivity contribution in [3.8, 4) is 0 Å². The second kappa shape index (κ2) is 2.28. The molecular formula is C11H16O2. The van der Waals surface area contributed by atoms with Gasteiger partial charge in [-0.05, 0) is 49.9 Å². The number of hydrogen-bond donors (Lipinski definition) is 1. The lowest BCUT2D eigenvalue weighted by Crippen LogP contribution is -2.39. The minimum atomic E-state index is -0.484. The van der Waals surface area contributed by atoms with E-state index in [0.29, 0.717) is 11.8 Å². The standard InChI is InChI=1S/C11H16O2/c12-10(13)11-5-1-2-9(11)7-3-4-8(11)6-7/h7-9H,1-6H2,(H,12,13)/t7-,8-,9+,11+/m0/s1. The van der Waals surface area contributed by atoms with Crippen molar-refractivity contribution in [1.82, 2.24) is 0 Å². The maximum atomic E-state index is 11.4. The van der Waals surface area contributed by atoms with E-state index in [4.69, 9.17) is 0 Å². The van der Waals surface area contributed by atoms with Crippen LogP contribution in [0, 0.1) is 23.2 Å². The minimum Gasteiger partial charge on any atom is -0.481 e. The Balaban J connectivity index is 2.04. The molecule has 0 unspecified atom stereocenters. The lowest BCUT2D eigenvalue weighted by Gasteiger charge is -2.35. The minimum absolute atomic E-state index is 0.261. The first kappa shape index (κ1) is 7.84. The van der Waals surface area contributed by atoms with E-state index in [2.05, 4.69) is 0 Å². The number of carboxylic acid groups (broad SMARTS) is 1. The second-order valence-electron chi connectivity index (χ2n) is 5.11. The molecule has 3 aliphatic rings. The van der Waals surface area contributed by atoms with Crippen LogP contribution in [0.25, 0.3) is 0 Å². The molecule has 2 bridgehead atoms. The topological polar surface area (TPSA) is 37.3 Å². The zero-order valence-corrected chi connectivity index (χ0v) is 7.83. The van der Waals surface area contributed by atoms with Crippen molar-refractivity contribution in [3.63, 3.8) is 0 Å². The zero-order chi connectivity index (χ0) is 9.05. The van der Waals surface area contributed by atoms with Crippen molar-refractivity contribution in [3.05, 3.63) is 0 Å². The van der Waals surface area contributed by atoms with Crippen LogP contribution in [-0.4, -0.2) is 11.1 Å². The molecule has 2 nitrogen and oxygen atoms in total. The summed E-state index contributed by atoms with van der Waals surface area (Å²) in [6.07, 6.45) is 7.03. The molecule has 0 spiro atoms. The highest BCUT2D eigenvalue weighted by Gasteiger charge is 2.63. The van der Waals surface area contributed by atoms with E-state index in [1.807, 2.05) is 0 Å². The van der Waals surface area contributed by atoms with E-state index >= 15 is 0 Å². The Labute approximate surface area is 78.3 Å². The Bertz CT molecular complexity index is 261. The van der Waals surface area contributed by atoms with Gasteiger partial charge in [-0.25, -0.2) is 0 Å². The summed E-state index contributed by atoms with van der Waals surface area (Å²) in [6, 6.07) is 0. The highest BCUT2D eigenvalue weighted by Crippen LogP contribution is 2.66. The van der Waals surface area contributed by atoms with Gasteiger partial charge in [-0.3, -0.25) is 4.79 Å².